The van der Waals surface area contributed by atoms with Gasteiger partial charge in [0, 0.05) is 12.2 Å². The molecule has 3 aromatic rings. The molecule has 3 rings (SSSR count). The largest absolute Gasteiger partial charge is 0.355 e. The molecular formula is C22H26N4OS. The number of rotatable bonds is 8. The molecule has 0 radical (unpaired) electrons. The van der Waals surface area contributed by atoms with Gasteiger partial charge >= 0.3 is 0 Å². The van der Waals surface area contributed by atoms with Crippen LogP contribution in [0.5, 0.6) is 0 Å². The Morgan fingerprint density at radius 2 is 1.75 bits per heavy atom. The van der Waals surface area contributed by atoms with Gasteiger partial charge in [-0.2, -0.15) is 0 Å². The van der Waals surface area contributed by atoms with Crippen molar-refractivity contribution in [2.45, 2.75) is 37.8 Å². The Labute approximate surface area is 170 Å². The van der Waals surface area contributed by atoms with Crippen molar-refractivity contribution in [3.05, 3.63) is 72.1 Å². The number of nitrogens with one attached hydrogen (secondary N) is 1. The van der Waals surface area contributed by atoms with Gasteiger partial charge < -0.3 is 5.32 Å². The molecular weight excluding hydrogens is 368 g/mol. The Hall–Kier alpha value is -2.60. The van der Waals surface area contributed by atoms with E-state index >= 15 is 0 Å². The van der Waals surface area contributed by atoms with Crippen LogP contribution in [0, 0.1) is 0 Å². The third kappa shape index (κ3) is 5.23. The first kappa shape index (κ1) is 20.1. The van der Waals surface area contributed by atoms with Gasteiger partial charge in [-0.25, -0.2) is 0 Å². The van der Waals surface area contributed by atoms with Gasteiger partial charge in [0.05, 0.1) is 5.75 Å². The van der Waals surface area contributed by atoms with Gasteiger partial charge in [-0.1, -0.05) is 75.0 Å². The topological polar surface area (TPSA) is 59.8 Å². The van der Waals surface area contributed by atoms with Crippen LogP contribution >= 0.6 is 11.8 Å². The summed E-state index contributed by atoms with van der Waals surface area (Å²) in [5.41, 5.74) is 3.51. The van der Waals surface area contributed by atoms with Gasteiger partial charge in [0.2, 0.25) is 5.91 Å². The van der Waals surface area contributed by atoms with E-state index in [-0.39, 0.29) is 11.8 Å². The molecule has 6 heteroatoms. The van der Waals surface area contributed by atoms with Crippen LogP contribution in [0.1, 0.15) is 43.7 Å². The smallest absolute Gasteiger partial charge is 0.230 e. The lowest BCUT2D eigenvalue weighted by molar-refractivity contribution is -0.118. The highest BCUT2D eigenvalue weighted by molar-refractivity contribution is 7.99. The van der Waals surface area contributed by atoms with Gasteiger partial charge in [-0.05, 0) is 35.1 Å². The summed E-state index contributed by atoms with van der Waals surface area (Å²) in [6.45, 7) is 7.08. The molecule has 1 amide bonds. The van der Waals surface area contributed by atoms with Gasteiger partial charge in [-0.3, -0.25) is 9.36 Å². The van der Waals surface area contributed by atoms with Crippen molar-refractivity contribution < 1.29 is 4.79 Å². The SMILES string of the molecule is CC(C)c1ccc(-n2cnnc2SCC(=O)NCC(C)c2ccccc2)cc1. The second kappa shape index (κ2) is 9.55. The lowest BCUT2D eigenvalue weighted by Crippen LogP contribution is -2.29. The predicted octanol–water partition coefficient (Wildman–Crippen LogP) is 4.40. The van der Waals surface area contributed by atoms with E-state index < -0.39 is 0 Å². The molecule has 1 aromatic heterocycles. The summed E-state index contributed by atoms with van der Waals surface area (Å²) < 4.78 is 1.91. The lowest BCUT2D eigenvalue weighted by Gasteiger charge is -2.13. The predicted molar refractivity (Wildman–Crippen MR) is 114 cm³/mol. The lowest BCUT2D eigenvalue weighted by atomic mass is 10.0. The molecule has 0 saturated carbocycles. The van der Waals surface area contributed by atoms with Crippen LogP contribution in [0.3, 0.4) is 0 Å². The number of hydrogen-bond acceptors (Lipinski definition) is 4. The maximum atomic E-state index is 12.3. The number of nitrogens with zero attached hydrogens (tertiary/aromatic N) is 3. The molecule has 0 aliphatic rings. The van der Waals surface area contributed by atoms with Crippen LogP contribution in [-0.4, -0.2) is 33.0 Å². The fourth-order valence-corrected chi connectivity index (χ4v) is 3.63. The molecule has 0 spiro atoms. The molecule has 1 N–H and O–H groups in total. The van der Waals surface area contributed by atoms with Crippen molar-refractivity contribution in [1.29, 1.82) is 0 Å². The summed E-state index contributed by atoms with van der Waals surface area (Å²) >= 11 is 1.39. The first-order valence-electron chi connectivity index (χ1n) is 9.49. The molecule has 5 nitrogen and oxygen atoms in total. The molecule has 1 unspecified atom stereocenters. The average Bonchev–Trinajstić information content (AvgIpc) is 3.19. The Morgan fingerprint density at radius 1 is 1.04 bits per heavy atom. The van der Waals surface area contributed by atoms with Gasteiger partial charge in [0.25, 0.3) is 0 Å². The molecule has 146 valence electrons. The molecule has 0 aliphatic heterocycles. The summed E-state index contributed by atoms with van der Waals surface area (Å²) in [5, 5.41) is 11.9. The molecule has 0 saturated heterocycles. The zero-order valence-electron chi connectivity index (χ0n) is 16.5. The second-order valence-electron chi connectivity index (χ2n) is 7.13. The van der Waals surface area contributed by atoms with Gasteiger partial charge in [0.15, 0.2) is 5.16 Å². The van der Waals surface area contributed by atoms with Crippen LogP contribution in [0.15, 0.2) is 66.1 Å². The maximum absolute atomic E-state index is 12.3. The van der Waals surface area contributed by atoms with Crippen molar-refractivity contribution in [3.63, 3.8) is 0 Å². The minimum Gasteiger partial charge on any atom is -0.355 e. The number of aromatic nitrogens is 3. The molecule has 0 aliphatic carbocycles. The molecule has 0 fully saturated rings. The summed E-state index contributed by atoms with van der Waals surface area (Å²) in [5.74, 6) is 1.08. The van der Waals surface area contributed by atoms with E-state index in [2.05, 4.69) is 72.7 Å². The van der Waals surface area contributed by atoms with Crippen LogP contribution in [0.25, 0.3) is 5.69 Å². The first-order chi connectivity index (χ1) is 13.5. The number of thioether (sulfide) groups is 1. The highest BCUT2D eigenvalue weighted by Crippen LogP contribution is 2.22. The van der Waals surface area contributed by atoms with E-state index in [1.165, 1.54) is 22.9 Å². The van der Waals surface area contributed by atoms with E-state index in [1.54, 1.807) is 6.33 Å². The number of carbonyl (C=O) groups is 1. The fraction of sp³-hybridized carbons (Fsp3) is 0.318. The average molecular weight is 395 g/mol. The number of benzene rings is 2. The molecule has 0 bridgehead atoms. The van der Waals surface area contributed by atoms with E-state index in [1.807, 2.05) is 22.8 Å². The molecule has 28 heavy (non-hydrogen) atoms. The van der Waals surface area contributed by atoms with Crippen LogP contribution in [0.4, 0.5) is 0 Å². The van der Waals surface area contributed by atoms with Crippen LogP contribution < -0.4 is 5.32 Å². The van der Waals surface area contributed by atoms with E-state index in [0.717, 1.165) is 5.69 Å². The minimum atomic E-state index is -0.00233. The third-order valence-electron chi connectivity index (χ3n) is 4.66. The first-order valence-corrected chi connectivity index (χ1v) is 10.5. The van der Waals surface area contributed by atoms with Crippen molar-refractivity contribution in [3.8, 4) is 5.69 Å². The van der Waals surface area contributed by atoms with E-state index in [4.69, 9.17) is 0 Å². The van der Waals surface area contributed by atoms with Crippen LogP contribution in [0.2, 0.25) is 0 Å². The second-order valence-corrected chi connectivity index (χ2v) is 8.08. The summed E-state index contributed by atoms with van der Waals surface area (Å²) in [6.07, 6.45) is 1.68. The Bertz CT molecular complexity index is 890. The standard InChI is InChI=1S/C22H26N4OS/c1-16(2)18-9-11-20(12-10-18)26-15-24-25-22(26)28-14-21(27)23-13-17(3)19-7-5-4-6-8-19/h4-12,15-17H,13-14H2,1-3H3,(H,23,27). The Balaban J connectivity index is 1.54. The van der Waals surface area contributed by atoms with Crippen molar-refractivity contribution >= 4 is 17.7 Å². The maximum Gasteiger partial charge on any atom is 0.230 e. The van der Waals surface area contributed by atoms with Crippen molar-refractivity contribution in [2.75, 3.05) is 12.3 Å². The summed E-state index contributed by atoms with van der Waals surface area (Å²) in [6, 6.07) is 18.6. The van der Waals surface area contributed by atoms with E-state index in [9.17, 15) is 4.79 Å². The Kier molecular flexibility index (Phi) is 6.87. The van der Waals surface area contributed by atoms with Crippen LogP contribution in [-0.2, 0) is 4.79 Å². The highest BCUT2D eigenvalue weighted by Gasteiger charge is 2.12. The fourth-order valence-electron chi connectivity index (χ4n) is 2.87. The zero-order valence-corrected chi connectivity index (χ0v) is 17.3. The normalized spacial score (nSPS) is 12.1. The number of carbonyl (C=O) groups excluding carboxylic acids is 1. The summed E-state index contributed by atoms with van der Waals surface area (Å²) in [7, 11) is 0. The van der Waals surface area contributed by atoms with E-state index in [0.29, 0.717) is 23.4 Å². The minimum absolute atomic E-state index is 0.00233. The summed E-state index contributed by atoms with van der Waals surface area (Å²) in [4.78, 5) is 12.3. The Morgan fingerprint density at radius 3 is 2.43 bits per heavy atom. The van der Waals surface area contributed by atoms with Crippen molar-refractivity contribution in [2.24, 2.45) is 0 Å². The van der Waals surface area contributed by atoms with Gasteiger partial charge in [-0.15, -0.1) is 10.2 Å². The quantitative estimate of drug-likeness (QED) is 0.575. The monoisotopic (exact) mass is 394 g/mol. The molecule has 1 heterocycles. The van der Waals surface area contributed by atoms with Gasteiger partial charge in [0.1, 0.15) is 6.33 Å². The zero-order chi connectivity index (χ0) is 19.9. The molecule has 2 aromatic carbocycles. The highest BCUT2D eigenvalue weighted by atomic mass is 32.2. The van der Waals surface area contributed by atoms with Crippen molar-refractivity contribution in [1.82, 2.24) is 20.1 Å². The third-order valence-corrected chi connectivity index (χ3v) is 5.60. The molecule has 1 atom stereocenters. The number of amides is 1. The number of hydrogen-bond donors (Lipinski definition) is 1.